The molecule has 0 aromatic carbocycles. The Morgan fingerprint density at radius 3 is 3.00 bits per heavy atom. The molecule has 0 bridgehead atoms. The molecule has 106 valence electrons. The van der Waals surface area contributed by atoms with Crippen LogP contribution in [0.5, 0.6) is 0 Å². The van der Waals surface area contributed by atoms with Gasteiger partial charge in [-0.3, -0.25) is 4.79 Å². The number of thiophene rings is 1. The molecule has 1 aromatic rings. The Labute approximate surface area is 118 Å². The molecule has 2 rings (SSSR count). The Morgan fingerprint density at radius 1 is 1.53 bits per heavy atom. The lowest BCUT2D eigenvalue weighted by atomic mass is 10.1. The Balaban J connectivity index is 2.08. The van der Waals surface area contributed by atoms with Crippen molar-refractivity contribution in [1.29, 1.82) is 0 Å². The summed E-state index contributed by atoms with van der Waals surface area (Å²) in [6.07, 6.45) is 4.51. The van der Waals surface area contributed by atoms with E-state index in [9.17, 15) is 4.79 Å². The quantitative estimate of drug-likeness (QED) is 0.728. The van der Waals surface area contributed by atoms with E-state index in [1.165, 1.54) is 11.3 Å². The number of hydrogen-bond donors (Lipinski definition) is 0. The summed E-state index contributed by atoms with van der Waals surface area (Å²) in [5.41, 5.74) is 1.04. The number of ketones is 1. The van der Waals surface area contributed by atoms with Gasteiger partial charge < -0.3 is 9.47 Å². The van der Waals surface area contributed by atoms with Gasteiger partial charge in [-0.1, -0.05) is 13.8 Å². The highest BCUT2D eigenvalue weighted by Gasteiger charge is 2.24. The second-order valence-corrected chi connectivity index (χ2v) is 5.73. The predicted molar refractivity (Wildman–Crippen MR) is 76.6 cm³/mol. The highest BCUT2D eigenvalue weighted by Crippen LogP contribution is 2.32. The lowest BCUT2D eigenvalue weighted by Gasteiger charge is -2.27. The minimum Gasteiger partial charge on any atom is -0.353 e. The van der Waals surface area contributed by atoms with E-state index in [-0.39, 0.29) is 18.2 Å². The van der Waals surface area contributed by atoms with Crippen LogP contribution in [-0.4, -0.2) is 18.7 Å². The van der Waals surface area contributed by atoms with Gasteiger partial charge in [0.2, 0.25) is 0 Å². The Bertz CT molecular complexity index is 407. The molecule has 0 spiro atoms. The third-order valence-electron chi connectivity index (χ3n) is 3.44. The summed E-state index contributed by atoms with van der Waals surface area (Å²) in [6.45, 7) is 4.77. The van der Waals surface area contributed by atoms with Crippen LogP contribution >= 0.6 is 11.3 Å². The Hall–Kier alpha value is -0.710. The van der Waals surface area contributed by atoms with Crippen LogP contribution in [0.2, 0.25) is 0 Å². The topological polar surface area (TPSA) is 35.5 Å². The van der Waals surface area contributed by atoms with Gasteiger partial charge in [-0.05, 0) is 37.1 Å². The van der Waals surface area contributed by atoms with Crippen LogP contribution in [0, 0.1) is 0 Å². The largest absolute Gasteiger partial charge is 0.353 e. The van der Waals surface area contributed by atoms with Gasteiger partial charge in [0, 0.05) is 18.6 Å². The van der Waals surface area contributed by atoms with Gasteiger partial charge in [0.1, 0.15) is 0 Å². The van der Waals surface area contributed by atoms with E-state index in [0.29, 0.717) is 6.42 Å². The second-order valence-electron chi connectivity index (χ2n) is 4.81. The van der Waals surface area contributed by atoms with E-state index in [1.54, 1.807) is 0 Å². The van der Waals surface area contributed by atoms with Crippen molar-refractivity contribution in [3.63, 3.8) is 0 Å². The number of ether oxygens (including phenoxy) is 2. The van der Waals surface area contributed by atoms with Crippen molar-refractivity contribution < 1.29 is 14.3 Å². The van der Waals surface area contributed by atoms with Gasteiger partial charge in [-0.2, -0.15) is 0 Å². The first-order valence-corrected chi connectivity index (χ1v) is 8.01. The van der Waals surface area contributed by atoms with Crippen molar-refractivity contribution in [3.8, 4) is 0 Å². The average Bonchev–Trinajstić information content (AvgIpc) is 2.94. The molecule has 0 aliphatic carbocycles. The second kappa shape index (κ2) is 7.17. The van der Waals surface area contributed by atoms with Crippen LogP contribution in [0.15, 0.2) is 11.4 Å². The molecule has 1 aliphatic rings. The average molecular weight is 282 g/mol. The molecule has 0 saturated carbocycles. The summed E-state index contributed by atoms with van der Waals surface area (Å²) >= 11 is 1.52. The molecule has 2 atom stereocenters. The standard InChI is InChI=1S/C15H22O3S/c1-3-12(16)15-11(8-10-19-15)13(4-2)18-14-7-5-6-9-17-14/h8,10,13-14H,3-7,9H2,1-2H3. The van der Waals surface area contributed by atoms with Crippen molar-refractivity contribution in [2.45, 2.75) is 58.3 Å². The first-order valence-electron chi connectivity index (χ1n) is 7.13. The molecule has 2 heterocycles. The molecular weight excluding hydrogens is 260 g/mol. The van der Waals surface area contributed by atoms with Gasteiger partial charge in [0.05, 0.1) is 11.0 Å². The normalized spacial score (nSPS) is 21.3. The third kappa shape index (κ3) is 3.65. The highest BCUT2D eigenvalue weighted by molar-refractivity contribution is 7.12. The van der Waals surface area contributed by atoms with E-state index in [1.807, 2.05) is 18.4 Å². The molecular formula is C15H22O3S. The molecule has 3 nitrogen and oxygen atoms in total. The zero-order chi connectivity index (χ0) is 13.7. The number of carbonyl (C=O) groups excluding carboxylic acids is 1. The maximum Gasteiger partial charge on any atom is 0.172 e. The monoisotopic (exact) mass is 282 g/mol. The van der Waals surface area contributed by atoms with E-state index in [0.717, 1.165) is 42.7 Å². The third-order valence-corrected chi connectivity index (χ3v) is 4.41. The van der Waals surface area contributed by atoms with Crippen molar-refractivity contribution in [3.05, 3.63) is 21.9 Å². The lowest BCUT2D eigenvalue weighted by Crippen LogP contribution is -2.24. The minimum atomic E-state index is -0.108. The van der Waals surface area contributed by atoms with E-state index in [2.05, 4.69) is 6.92 Å². The molecule has 4 heteroatoms. The zero-order valence-corrected chi connectivity index (χ0v) is 12.5. The first-order chi connectivity index (χ1) is 9.26. The fourth-order valence-electron chi connectivity index (χ4n) is 2.35. The Kier molecular flexibility index (Phi) is 5.55. The minimum absolute atomic E-state index is 0.0279. The van der Waals surface area contributed by atoms with Gasteiger partial charge in [-0.25, -0.2) is 0 Å². The van der Waals surface area contributed by atoms with Crippen LogP contribution in [0.4, 0.5) is 0 Å². The predicted octanol–water partition coefficient (Wildman–Crippen LogP) is 4.34. The summed E-state index contributed by atoms with van der Waals surface area (Å²) in [6, 6.07) is 2.02. The summed E-state index contributed by atoms with van der Waals surface area (Å²) in [7, 11) is 0. The van der Waals surface area contributed by atoms with Crippen LogP contribution in [0.25, 0.3) is 0 Å². The van der Waals surface area contributed by atoms with Gasteiger partial charge in [0.15, 0.2) is 12.1 Å². The smallest absolute Gasteiger partial charge is 0.172 e. The van der Waals surface area contributed by atoms with E-state index >= 15 is 0 Å². The molecule has 0 N–H and O–H groups in total. The molecule has 1 aromatic heterocycles. The van der Waals surface area contributed by atoms with Gasteiger partial charge in [0.25, 0.3) is 0 Å². The highest BCUT2D eigenvalue weighted by atomic mass is 32.1. The van der Waals surface area contributed by atoms with Gasteiger partial charge >= 0.3 is 0 Å². The van der Waals surface area contributed by atoms with Crippen LogP contribution < -0.4 is 0 Å². The van der Waals surface area contributed by atoms with Crippen molar-refractivity contribution in [2.24, 2.45) is 0 Å². The number of hydrogen-bond acceptors (Lipinski definition) is 4. The molecule has 19 heavy (non-hydrogen) atoms. The number of rotatable bonds is 6. The van der Waals surface area contributed by atoms with E-state index in [4.69, 9.17) is 9.47 Å². The molecule has 1 fully saturated rings. The van der Waals surface area contributed by atoms with Crippen molar-refractivity contribution in [2.75, 3.05) is 6.61 Å². The zero-order valence-electron chi connectivity index (χ0n) is 11.7. The molecule has 1 saturated heterocycles. The van der Waals surface area contributed by atoms with Crippen molar-refractivity contribution >= 4 is 17.1 Å². The van der Waals surface area contributed by atoms with Crippen LogP contribution in [0.1, 0.15) is 67.3 Å². The maximum absolute atomic E-state index is 11.9. The fraction of sp³-hybridized carbons (Fsp3) is 0.667. The summed E-state index contributed by atoms with van der Waals surface area (Å²) in [4.78, 5) is 12.8. The first kappa shape index (κ1) is 14.7. The van der Waals surface area contributed by atoms with Crippen molar-refractivity contribution in [1.82, 2.24) is 0 Å². The number of carbonyl (C=O) groups is 1. The summed E-state index contributed by atoms with van der Waals surface area (Å²) in [5, 5.41) is 1.98. The van der Waals surface area contributed by atoms with Gasteiger partial charge in [-0.15, -0.1) is 11.3 Å². The van der Waals surface area contributed by atoms with Crippen LogP contribution in [-0.2, 0) is 9.47 Å². The number of Topliss-reactive ketones (excluding diaryl/α,β-unsaturated/α-hetero) is 1. The lowest BCUT2D eigenvalue weighted by molar-refractivity contribution is -0.190. The molecule has 0 amide bonds. The molecule has 2 unspecified atom stereocenters. The summed E-state index contributed by atoms with van der Waals surface area (Å²) < 4.78 is 11.7. The molecule has 1 aliphatic heterocycles. The SMILES string of the molecule is CCC(=O)c1sccc1C(CC)OC1CCCCO1. The summed E-state index contributed by atoms with van der Waals surface area (Å²) in [5.74, 6) is 0.205. The Morgan fingerprint density at radius 2 is 2.37 bits per heavy atom. The fourth-order valence-corrected chi connectivity index (χ4v) is 3.31. The van der Waals surface area contributed by atoms with Crippen LogP contribution in [0.3, 0.4) is 0 Å². The maximum atomic E-state index is 11.9. The van der Waals surface area contributed by atoms with E-state index < -0.39 is 0 Å². The molecule has 0 radical (unpaired) electrons.